The van der Waals surface area contributed by atoms with Gasteiger partial charge in [-0.2, -0.15) is 0 Å². The normalized spacial score (nSPS) is 21.1. The van der Waals surface area contributed by atoms with E-state index >= 15 is 0 Å². The fourth-order valence-electron chi connectivity index (χ4n) is 2.86. The third-order valence-electron chi connectivity index (χ3n) is 4.19. The van der Waals surface area contributed by atoms with Gasteiger partial charge in [0.15, 0.2) is 0 Å². The third-order valence-corrected chi connectivity index (χ3v) is 4.19. The molecule has 0 aliphatic carbocycles. The van der Waals surface area contributed by atoms with E-state index in [2.05, 4.69) is 57.3 Å². The lowest BCUT2D eigenvalue weighted by Gasteiger charge is -2.26. The van der Waals surface area contributed by atoms with Crippen molar-refractivity contribution in [1.29, 1.82) is 0 Å². The molecule has 1 fully saturated rings. The van der Waals surface area contributed by atoms with Crippen LogP contribution < -0.4 is 5.32 Å². The van der Waals surface area contributed by atoms with Crippen molar-refractivity contribution in [3.63, 3.8) is 0 Å². The van der Waals surface area contributed by atoms with Crippen molar-refractivity contribution in [2.45, 2.75) is 52.0 Å². The summed E-state index contributed by atoms with van der Waals surface area (Å²) in [6.45, 7) is 11.9. The predicted molar refractivity (Wildman–Crippen MR) is 85.1 cm³/mol. The third kappa shape index (κ3) is 3.83. The van der Waals surface area contributed by atoms with Crippen molar-refractivity contribution in [1.82, 2.24) is 5.32 Å². The second-order valence-electron chi connectivity index (χ2n) is 6.93. The molecular weight excluding hydrogens is 246 g/mol. The van der Waals surface area contributed by atoms with Gasteiger partial charge in [0.2, 0.25) is 0 Å². The van der Waals surface area contributed by atoms with Crippen LogP contribution in [0.2, 0.25) is 0 Å². The number of benzene rings is 1. The highest BCUT2D eigenvalue weighted by Gasteiger charge is 2.26. The minimum atomic E-state index is 0.224. The molecule has 1 aliphatic heterocycles. The molecule has 0 bridgehead atoms. The second-order valence-corrected chi connectivity index (χ2v) is 6.93. The Labute approximate surface area is 123 Å². The summed E-state index contributed by atoms with van der Waals surface area (Å²) in [5, 5.41) is 3.71. The Morgan fingerprint density at radius 3 is 2.45 bits per heavy atom. The SMILES string of the molecule is CCCNC(c1ccc(C(C)(C)C)cc1)C1CCOC1. The molecule has 0 radical (unpaired) electrons. The average Bonchev–Trinajstić information content (AvgIpc) is 2.93. The van der Waals surface area contributed by atoms with Gasteiger partial charge in [-0.1, -0.05) is 52.0 Å². The minimum Gasteiger partial charge on any atom is -0.381 e. The van der Waals surface area contributed by atoms with Crippen LogP contribution in [0.25, 0.3) is 0 Å². The van der Waals surface area contributed by atoms with Gasteiger partial charge in [0.25, 0.3) is 0 Å². The molecule has 2 nitrogen and oxygen atoms in total. The molecule has 0 aromatic heterocycles. The lowest BCUT2D eigenvalue weighted by Crippen LogP contribution is -2.29. The van der Waals surface area contributed by atoms with Gasteiger partial charge in [0.05, 0.1) is 6.61 Å². The molecular formula is C18H29NO. The first-order valence-electron chi connectivity index (χ1n) is 7.94. The average molecular weight is 275 g/mol. The zero-order valence-electron chi connectivity index (χ0n) is 13.4. The van der Waals surface area contributed by atoms with Crippen LogP contribution in [0.4, 0.5) is 0 Å². The molecule has 1 aromatic rings. The first-order valence-corrected chi connectivity index (χ1v) is 7.94. The highest BCUT2D eigenvalue weighted by atomic mass is 16.5. The highest BCUT2D eigenvalue weighted by molar-refractivity contribution is 5.29. The summed E-state index contributed by atoms with van der Waals surface area (Å²) in [5.41, 5.74) is 3.03. The summed E-state index contributed by atoms with van der Waals surface area (Å²) in [4.78, 5) is 0. The second kappa shape index (κ2) is 6.73. The van der Waals surface area contributed by atoms with Crippen molar-refractivity contribution in [3.05, 3.63) is 35.4 Å². The van der Waals surface area contributed by atoms with E-state index in [1.165, 1.54) is 24.0 Å². The molecule has 1 aromatic carbocycles. The topological polar surface area (TPSA) is 21.3 Å². The van der Waals surface area contributed by atoms with E-state index in [0.717, 1.165) is 19.8 Å². The Bertz CT molecular complexity index is 398. The molecule has 2 heteroatoms. The maximum atomic E-state index is 5.58. The molecule has 2 rings (SSSR count). The summed E-state index contributed by atoms with van der Waals surface area (Å²) in [6, 6.07) is 9.60. The van der Waals surface area contributed by atoms with Crippen molar-refractivity contribution >= 4 is 0 Å². The van der Waals surface area contributed by atoms with Crippen molar-refractivity contribution in [3.8, 4) is 0 Å². The van der Waals surface area contributed by atoms with E-state index in [1.807, 2.05) is 0 Å². The van der Waals surface area contributed by atoms with Gasteiger partial charge < -0.3 is 10.1 Å². The molecule has 2 unspecified atom stereocenters. The van der Waals surface area contributed by atoms with Gasteiger partial charge in [-0.15, -0.1) is 0 Å². The Balaban J connectivity index is 2.15. The maximum absolute atomic E-state index is 5.58. The molecule has 0 amide bonds. The molecule has 2 atom stereocenters. The maximum Gasteiger partial charge on any atom is 0.0513 e. The number of nitrogens with one attached hydrogen (secondary N) is 1. The number of rotatable bonds is 5. The largest absolute Gasteiger partial charge is 0.381 e. The zero-order chi connectivity index (χ0) is 14.6. The quantitative estimate of drug-likeness (QED) is 0.875. The zero-order valence-corrected chi connectivity index (χ0v) is 13.4. The molecule has 1 heterocycles. The lowest BCUT2D eigenvalue weighted by atomic mass is 9.85. The van der Waals surface area contributed by atoms with E-state index in [9.17, 15) is 0 Å². The lowest BCUT2D eigenvalue weighted by molar-refractivity contribution is 0.176. The van der Waals surface area contributed by atoms with Crippen LogP contribution in [-0.2, 0) is 10.2 Å². The van der Waals surface area contributed by atoms with Gasteiger partial charge in [-0.05, 0) is 35.9 Å². The number of ether oxygens (including phenoxy) is 1. The van der Waals surface area contributed by atoms with Gasteiger partial charge in [-0.3, -0.25) is 0 Å². The van der Waals surface area contributed by atoms with Crippen molar-refractivity contribution < 1.29 is 4.74 Å². The molecule has 112 valence electrons. The monoisotopic (exact) mass is 275 g/mol. The van der Waals surface area contributed by atoms with E-state index in [1.54, 1.807) is 0 Å². The molecule has 0 saturated carbocycles. The van der Waals surface area contributed by atoms with E-state index in [-0.39, 0.29) is 5.41 Å². The summed E-state index contributed by atoms with van der Waals surface area (Å²) >= 11 is 0. The van der Waals surface area contributed by atoms with Crippen LogP contribution in [-0.4, -0.2) is 19.8 Å². The summed E-state index contributed by atoms with van der Waals surface area (Å²) < 4.78 is 5.58. The van der Waals surface area contributed by atoms with Crippen molar-refractivity contribution in [2.75, 3.05) is 19.8 Å². The van der Waals surface area contributed by atoms with Crippen LogP contribution in [0.3, 0.4) is 0 Å². The fraction of sp³-hybridized carbons (Fsp3) is 0.667. The number of hydrogen-bond donors (Lipinski definition) is 1. The van der Waals surface area contributed by atoms with Crippen LogP contribution >= 0.6 is 0 Å². The van der Waals surface area contributed by atoms with Crippen LogP contribution in [0.5, 0.6) is 0 Å². The standard InChI is InChI=1S/C18H29NO/c1-5-11-19-17(15-10-12-20-13-15)14-6-8-16(9-7-14)18(2,3)4/h6-9,15,17,19H,5,10-13H2,1-4H3. The molecule has 1 saturated heterocycles. The predicted octanol–water partition coefficient (Wildman–Crippen LogP) is 4.06. The highest BCUT2D eigenvalue weighted by Crippen LogP contribution is 2.30. The van der Waals surface area contributed by atoms with E-state index in [0.29, 0.717) is 12.0 Å². The smallest absolute Gasteiger partial charge is 0.0513 e. The first kappa shape index (κ1) is 15.5. The molecule has 20 heavy (non-hydrogen) atoms. The van der Waals surface area contributed by atoms with Crippen molar-refractivity contribution in [2.24, 2.45) is 5.92 Å². The van der Waals surface area contributed by atoms with E-state index < -0.39 is 0 Å². The van der Waals surface area contributed by atoms with Gasteiger partial charge in [0.1, 0.15) is 0 Å². The van der Waals surface area contributed by atoms with Crippen LogP contribution in [0, 0.1) is 5.92 Å². The van der Waals surface area contributed by atoms with Gasteiger partial charge in [-0.25, -0.2) is 0 Å². The summed E-state index contributed by atoms with van der Waals surface area (Å²) in [7, 11) is 0. The van der Waals surface area contributed by atoms with Gasteiger partial charge in [0, 0.05) is 18.6 Å². The summed E-state index contributed by atoms with van der Waals surface area (Å²) in [5.74, 6) is 0.613. The Morgan fingerprint density at radius 1 is 1.25 bits per heavy atom. The molecule has 1 N–H and O–H groups in total. The molecule has 1 aliphatic rings. The summed E-state index contributed by atoms with van der Waals surface area (Å²) in [6.07, 6.45) is 2.34. The number of hydrogen-bond acceptors (Lipinski definition) is 2. The Morgan fingerprint density at radius 2 is 1.95 bits per heavy atom. The Hall–Kier alpha value is -0.860. The minimum absolute atomic E-state index is 0.224. The first-order chi connectivity index (χ1) is 9.52. The van der Waals surface area contributed by atoms with E-state index in [4.69, 9.17) is 4.74 Å². The van der Waals surface area contributed by atoms with Crippen LogP contribution in [0.1, 0.15) is 57.7 Å². The fourth-order valence-corrected chi connectivity index (χ4v) is 2.86. The molecule has 0 spiro atoms. The Kier molecular flexibility index (Phi) is 5.22. The van der Waals surface area contributed by atoms with Crippen LogP contribution in [0.15, 0.2) is 24.3 Å². The van der Waals surface area contributed by atoms with Gasteiger partial charge >= 0.3 is 0 Å².